The first-order valence-corrected chi connectivity index (χ1v) is 15.9. The first-order valence-electron chi connectivity index (χ1n) is 15.9. The van der Waals surface area contributed by atoms with Crippen molar-refractivity contribution in [1.29, 1.82) is 0 Å². The van der Waals surface area contributed by atoms with E-state index in [0.717, 1.165) is 38.6 Å². The second-order valence-electron chi connectivity index (χ2n) is 12.0. The van der Waals surface area contributed by atoms with Crippen LogP contribution in [0.2, 0.25) is 0 Å². The number of phenols is 1. The number of aliphatic hydroxyl groups excluding tert-OH is 1. The third kappa shape index (κ3) is 7.94. The predicted octanol–water partition coefficient (Wildman–Crippen LogP) is 3.98. The van der Waals surface area contributed by atoms with Gasteiger partial charge in [0.1, 0.15) is 17.6 Å². The summed E-state index contributed by atoms with van der Waals surface area (Å²) in [7, 11) is 2.00. The molecule has 0 saturated carbocycles. The van der Waals surface area contributed by atoms with Crippen molar-refractivity contribution < 1.29 is 29.6 Å². The molecule has 244 valence electrons. The Balaban J connectivity index is 1.11. The van der Waals surface area contributed by atoms with E-state index in [1.807, 2.05) is 19.2 Å². The maximum absolute atomic E-state index is 13.6. The second-order valence-corrected chi connectivity index (χ2v) is 12.0. The highest BCUT2D eigenvalue weighted by Gasteiger charge is 2.43. The number of phenolic OH excluding ortho intramolecular Hbond substituents is 1. The Hall–Kier alpha value is -4.22. The third-order valence-corrected chi connectivity index (χ3v) is 8.46. The monoisotopic (exact) mass is 629 g/mol. The summed E-state index contributed by atoms with van der Waals surface area (Å²) in [5.41, 5.74) is -0.529. The largest absolute Gasteiger partial charge is 0.506 e. The van der Waals surface area contributed by atoms with Crippen LogP contribution in [0.5, 0.6) is 11.5 Å². The van der Waals surface area contributed by atoms with Gasteiger partial charge in [-0.15, -0.1) is 0 Å². The fourth-order valence-electron chi connectivity index (χ4n) is 5.96. The quantitative estimate of drug-likeness (QED) is 0.103. The van der Waals surface area contributed by atoms with Crippen molar-refractivity contribution >= 4 is 16.9 Å². The van der Waals surface area contributed by atoms with Crippen LogP contribution in [0, 0.1) is 0 Å². The molecule has 5 N–H and O–H groups in total. The molecule has 5 rings (SSSR count). The van der Waals surface area contributed by atoms with Crippen molar-refractivity contribution in [3.05, 3.63) is 106 Å². The van der Waals surface area contributed by atoms with E-state index in [-0.39, 0.29) is 17.4 Å². The number of esters is 1. The van der Waals surface area contributed by atoms with Crippen LogP contribution in [-0.2, 0) is 15.1 Å². The van der Waals surface area contributed by atoms with Crippen LogP contribution in [0.25, 0.3) is 10.9 Å². The van der Waals surface area contributed by atoms with Crippen LogP contribution in [0.3, 0.4) is 0 Å². The van der Waals surface area contributed by atoms with E-state index in [1.54, 1.807) is 54.6 Å². The standard InChI is InChI=1S/C36H43N3O7/c1-39-20-9-14-28(24-39)46-35(43)36(44,25-10-4-2-5-11-25)26-12-8-13-27(22-26)45-21-7-3-6-19-37-23-32(41)29-15-17-31(40)34-30(29)16-18-33(42)38-34/h2,4-5,8,10-13,15-18,22,28,32,37,40-41,44H,3,6-7,9,14,19-21,23-24H2,1H3,(H,38,42)/t28-,32-,36+/m0/s1. The Morgan fingerprint density at radius 1 is 1.04 bits per heavy atom. The third-order valence-electron chi connectivity index (χ3n) is 8.46. The number of pyridine rings is 1. The van der Waals surface area contributed by atoms with Crippen molar-refractivity contribution in [2.24, 2.45) is 0 Å². The molecule has 1 fully saturated rings. The fourth-order valence-corrected chi connectivity index (χ4v) is 5.96. The first kappa shape index (κ1) is 33.2. The number of likely N-dealkylation sites (tertiary alicyclic amines) is 1. The summed E-state index contributed by atoms with van der Waals surface area (Å²) in [5.74, 6) is -0.175. The van der Waals surface area contributed by atoms with E-state index >= 15 is 0 Å². The number of nitrogens with one attached hydrogen (secondary N) is 2. The molecule has 2 heterocycles. The van der Waals surface area contributed by atoms with Gasteiger partial charge in [0.15, 0.2) is 0 Å². The highest BCUT2D eigenvalue weighted by molar-refractivity contribution is 5.87. The number of rotatable bonds is 14. The Bertz CT molecular complexity index is 1660. The molecule has 46 heavy (non-hydrogen) atoms. The van der Waals surface area contributed by atoms with Gasteiger partial charge in [0.2, 0.25) is 11.2 Å². The van der Waals surface area contributed by atoms with E-state index in [0.29, 0.717) is 59.6 Å². The Kier molecular flexibility index (Phi) is 11.1. The highest BCUT2D eigenvalue weighted by Crippen LogP contribution is 2.34. The molecule has 0 aliphatic carbocycles. The van der Waals surface area contributed by atoms with Gasteiger partial charge in [0.05, 0.1) is 18.2 Å². The van der Waals surface area contributed by atoms with Gasteiger partial charge in [-0.1, -0.05) is 48.5 Å². The molecule has 10 nitrogen and oxygen atoms in total. The number of benzene rings is 3. The summed E-state index contributed by atoms with van der Waals surface area (Å²) in [5, 5.41) is 36.6. The lowest BCUT2D eigenvalue weighted by atomic mass is 9.86. The molecule has 1 aromatic heterocycles. The number of aliphatic hydroxyl groups is 2. The Morgan fingerprint density at radius 2 is 1.85 bits per heavy atom. The number of H-pyrrole nitrogens is 1. The maximum atomic E-state index is 13.6. The second kappa shape index (κ2) is 15.4. The number of ether oxygens (including phenoxy) is 2. The summed E-state index contributed by atoms with van der Waals surface area (Å²) < 4.78 is 11.9. The predicted molar refractivity (Wildman–Crippen MR) is 176 cm³/mol. The summed E-state index contributed by atoms with van der Waals surface area (Å²) in [4.78, 5) is 30.0. The molecule has 1 aliphatic heterocycles. The molecule has 10 heteroatoms. The van der Waals surface area contributed by atoms with Crippen molar-refractivity contribution in [3.63, 3.8) is 0 Å². The molecule has 3 atom stereocenters. The number of hydrogen-bond acceptors (Lipinski definition) is 9. The number of likely N-dealkylation sites (N-methyl/N-ethyl adjacent to an activating group) is 1. The number of fused-ring (bicyclic) bond motifs is 1. The van der Waals surface area contributed by atoms with Gasteiger partial charge < -0.3 is 40.0 Å². The smallest absolute Gasteiger partial charge is 0.348 e. The molecular weight excluding hydrogens is 586 g/mol. The Labute approximate surface area is 268 Å². The van der Waals surface area contributed by atoms with Crippen LogP contribution >= 0.6 is 0 Å². The number of aromatic nitrogens is 1. The molecule has 0 radical (unpaired) electrons. The van der Waals surface area contributed by atoms with Gasteiger partial charge in [0.25, 0.3) is 0 Å². The lowest BCUT2D eigenvalue weighted by Crippen LogP contribution is -2.44. The molecule has 4 aromatic rings. The number of piperidine rings is 1. The van der Waals surface area contributed by atoms with Gasteiger partial charge in [-0.2, -0.15) is 0 Å². The van der Waals surface area contributed by atoms with Crippen molar-refractivity contribution in [1.82, 2.24) is 15.2 Å². The zero-order valence-corrected chi connectivity index (χ0v) is 26.2. The molecule has 0 amide bonds. The molecular formula is C36H43N3O7. The topological polar surface area (TPSA) is 144 Å². The van der Waals surface area contributed by atoms with Crippen molar-refractivity contribution in [2.75, 3.05) is 39.8 Å². The Morgan fingerprint density at radius 3 is 2.65 bits per heavy atom. The number of aromatic hydroxyl groups is 1. The van der Waals surface area contributed by atoms with Crippen LogP contribution in [0.15, 0.2) is 83.7 Å². The van der Waals surface area contributed by atoms with Crippen LogP contribution < -0.4 is 15.6 Å². The van der Waals surface area contributed by atoms with Gasteiger partial charge in [-0.3, -0.25) is 4.79 Å². The lowest BCUT2D eigenvalue weighted by molar-refractivity contribution is -0.170. The van der Waals surface area contributed by atoms with E-state index in [2.05, 4.69) is 15.2 Å². The van der Waals surface area contributed by atoms with Gasteiger partial charge in [-0.25, -0.2) is 4.79 Å². The number of unbranched alkanes of at least 4 members (excludes halogenated alkanes) is 2. The number of carbonyl (C=O) groups excluding carboxylic acids is 1. The zero-order chi connectivity index (χ0) is 32.5. The highest BCUT2D eigenvalue weighted by atomic mass is 16.6. The summed E-state index contributed by atoms with van der Waals surface area (Å²) >= 11 is 0. The van der Waals surface area contributed by atoms with Gasteiger partial charge >= 0.3 is 5.97 Å². The fraction of sp³-hybridized carbons (Fsp3) is 0.389. The number of nitrogens with zero attached hydrogens (tertiary/aromatic N) is 1. The van der Waals surface area contributed by atoms with E-state index < -0.39 is 17.7 Å². The number of hydrogen-bond donors (Lipinski definition) is 5. The average molecular weight is 630 g/mol. The average Bonchev–Trinajstić information content (AvgIpc) is 3.06. The van der Waals surface area contributed by atoms with Crippen LogP contribution in [-0.4, -0.2) is 77.1 Å². The van der Waals surface area contributed by atoms with Gasteiger partial charge in [-0.05, 0) is 87.6 Å². The first-order chi connectivity index (χ1) is 22.3. The van der Waals surface area contributed by atoms with Crippen LogP contribution in [0.1, 0.15) is 54.9 Å². The van der Waals surface area contributed by atoms with E-state index in [1.165, 1.54) is 12.1 Å². The summed E-state index contributed by atoms with van der Waals surface area (Å²) in [6, 6.07) is 22.0. The number of carbonyl (C=O) groups is 1. The normalized spacial score (nSPS) is 17.3. The maximum Gasteiger partial charge on any atom is 0.348 e. The number of aromatic amines is 1. The van der Waals surface area contributed by atoms with Crippen LogP contribution in [0.4, 0.5) is 0 Å². The minimum atomic E-state index is -1.98. The van der Waals surface area contributed by atoms with Gasteiger partial charge in [0, 0.05) is 30.1 Å². The molecule has 1 aliphatic rings. The van der Waals surface area contributed by atoms with Crippen molar-refractivity contribution in [3.8, 4) is 11.5 Å². The summed E-state index contributed by atoms with van der Waals surface area (Å²) in [6.45, 7) is 3.08. The van der Waals surface area contributed by atoms with E-state index in [4.69, 9.17) is 9.47 Å². The van der Waals surface area contributed by atoms with Crippen molar-refractivity contribution in [2.45, 2.75) is 49.9 Å². The summed E-state index contributed by atoms with van der Waals surface area (Å²) in [6.07, 6.45) is 3.17. The molecule has 0 unspecified atom stereocenters. The minimum Gasteiger partial charge on any atom is -0.506 e. The molecule has 0 bridgehead atoms. The molecule has 0 spiro atoms. The van der Waals surface area contributed by atoms with E-state index in [9.17, 15) is 24.9 Å². The minimum absolute atomic E-state index is 0.0391. The zero-order valence-electron chi connectivity index (χ0n) is 26.2. The molecule has 1 saturated heterocycles. The molecule has 3 aromatic carbocycles. The lowest BCUT2D eigenvalue weighted by Gasteiger charge is -2.33. The SMILES string of the molecule is CN1CCC[C@H](OC(=O)[C@@](O)(c2ccccc2)c2cccc(OCCCCCNC[C@H](O)c3ccc(O)c4[nH]c(=O)ccc34)c2)C1.